The van der Waals surface area contributed by atoms with Crippen LogP contribution in [0.2, 0.25) is 0 Å². The Bertz CT molecular complexity index is 695. The van der Waals surface area contributed by atoms with Gasteiger partial charge in [0.2, 0.25) is 0 Å². The fraction of sp³-hybridized carbons (Fsp3) is 0.444. The van der Waals surface area contributed by atoms with Crippen molar-refractivity contribution >= 4 is 0 Å². The minimum atomic E-state index is -0.151. The molecule has 1 aromatic heterocycles. The summed E-state index contributed by atoms with van der Waals surface area (Å²) in [7, 11) is 0. The molecule has 4 heteroatoms. The molecule has 22 heavy (non-hydrogen) atoms. The van der Waals surface area contributed by atoms with Crippen LogP contribution in [-0.2, 0) is 6.42 Å². The minimum absolute atomic E-state index is 0.151. The maximum absolute atomic E-state index is 11.8. The predicted octanol–water partition coefficient (Wildman–Crippen LogP) is 3.30. The SMILES string of the molecule is Cc1cc(C)cc(Cc2cc(=O)[nH]c(OC3CCCC3)n2)c1. The molecule has 1 saturated carbocycles. The van der Waals surface area contributed by atoms with E-state index < -0.39 is 0 Å². The molecule has 116 valence electrons. The van der Waals surface area contributed by atoms with Crippen molar-refractivity contribution in [2.75, 3.05) is 0 Å². The molecular weight excluding hydrogens is 276 g/mol. The zero-order valence-corrected chi connectivity index (χ0v) is 13.2. The molecule has 0 unspecified atom stereocenters. The van der Waals surface area contributed by atoms with Gasteiger partial charge in [0.1, 0.15) is 6.10 Å². The van der Waals surface area contributed by atoms with Gasteiger partial charge in [0.15, 0.2) is 0 Å². The molecular formula is C18H22N2O2. The van der Waals surface area contributed by atoms with E-state index in [0.29, 0.717) is 12.4 Å². The van der Waals surface area contributed by atoms with Crippen molar-refractivity contribution in [1.82, 2.24) is 9.97 Å². The predicted molar refractivity (Wildman–Crippen MR) is 86.5 cm³/mol. The first-order valence-electron chi connectivity index (χ1n) is 7.92. The van der Waals surface area contributed by atoms with Gasteiger partial charge in [-0.3, -0.25) is 9.78 Å². The van der Waals surface area contributed by atoms with Gasteiger partial charge >= 0.3 is 0 Å². The van der Waals surface area contributed by atoms with Crippen LogP contribution in [-0.4, -0.2) is 16.1 Å². The van der Waals surface area contributed by atoms with Gasteiger partial charge in [0.05, 0.1) is 5.69 Å². The number of nitrogens with one attached hydrogen (secondary N) is 1. The van der Waals surface area contributed by atoms with Crippen LogP contribution in [0.1, 0.15) is 48.1 Å². The van der Waals surface area contributed by atoms with Gasteiger partial charge in [0.25, 0.3) is 11.6 Å². The molecule has 1 aromatic carbocycles. The van der Waals surface area contributed by atoms with Crippen LogP contribution in [0.15, 0.2) is 29.1 Å². The Kier molecular flexibility index (Phi) is 4.27. The van der Waals surface area contributed by atoms with Crippen LogP contribution in [0.25, 0.3) is 0 Å². The first kappa shape index (κ1) is 14.8. The molecule has 1 fully saturated rings. The minimum Gasteiger partial charge on any atom is -0.461 e. The highest BCUT2D eigenvalue weighted by molar-refractivity contribution is 5.31. The quantitative estimate of drug-likeness (QED) is 0.942. The average Bonchev–Trinajstić information content (AvgIpc) is 2.89. The van der Waals surface area contributed by atoms with Crippen molar-refractivity contribution in [3.63, 3.8) is 0 Å². The van der Waals surface area contributed by atoms with E-state index in [4.69, 9.17) is 4.74 Å². The molecule has 0 radical (unpaired) electrons. The summed E-state index contributed by atoms with van der Waals surface area (Å²) in [6.45, 7) is 4.16. The van der Waals surface area contributed by atoms with E-state index in [-0.39, 0.29) is 11.7 Å². The summed E-state index contributed by atoms with van der Waals surface area (Å²) < 4.78 is 5.82. The molecule has 1 aliphatic carbocycles. The van der Waals surface area contributed by atoms with Crippen molar-refractivity contribution < 1.29 is 4.74 Å². The maximum atomic E-state index is 11.8. The van der Waals surface area contributed by atoms with E-state index in [1.165, 1.54) is 29.5 Å². The van der Waals surface area contributed by atoms with E-state index in [2.05, 4.69) is 42.0 Å². The summed E-state index contributed by atoms with van der Waals surface area (Å²) in [5, 5.41) is 0. The Labute approximate surface area is 130 Å². The number of aryl methyl sites for hydroxylation is 2. The van der Waals surface area contributed by atoms with Gasteiger partial charge in [-0.25, -0.2) is 4.98 Å². The summed E-state index contributed by atoms with van der Waals surface area (Å²) in [5.74, 6) is 0. The summed E-state index contributed by atoms with van der Waals surface area (Å²) in [5.41, 5.74) is 4.22. The van der Waals surface area contributed by atoms with E-state index in [0.717, 1.165) is 18.5 Å². The van der Waals surface area contributed by atoms with Gasteiger partial charge in [-0.1, -0.05) is 29.3 Å². The van der Waals surface area contributed by atoms with Crippen LogP contribution in [0.5, 0.6) is 6.01 Å². The standard InChI is InChI=1S/C18H22N2O2/c1-12-7-13(2)9-14(8-12)10-15-11-17(21)20-18(19-15)22-16-5-3-4-6-16/h7-9,11,16H,3-6,10H2,1-2H3,(H,19,20,21). The monoisotopic (exact) mass is 298 g/mol. The van der Waals surface area contributed by atoms with E-state index in [1.807, 2.05) is 0 Å². The zero-order valence-electron chi connectivity index (χ0n) is 13.2. The Hall–Kier alpha value is -2.10. The van der Waals surface area contributed by atoms with Gasteiger partial charge in [-0.2, -0.15) is 0 Å². The van der Waals surface area contributed by atoms with Gasteiger partial charge in [-0.05, 0) is 45.1 Å². The van der Waals surface area contributed by atoms with Gasteiger partial charge in [-0.15, -0.1) is 0 Å². The van der Waals surface area contributed by atoms with Crippen LogP contribution >= 0.6 is 0 Å². The lowest BCUT2D eigenvalue weighted by atomic mass is 10.0. The van der Waals surface area contributed by atoms with Gasteiger partial charge in [0, 0.05) is 12.5 Å². The first-order chi connectivity index (χ1) is 10.6. The lowest BCUT2D eigenvalue weighted by Crippen LogP contribution is -2.17. The summed E-state index contributed by atoms with van der Waals surface area (Å²) in [6, 6.07) is 8.32. The molecule has 0 bridgehead atoms. The lowest BCUT2D eigenvalue weighted by Gasteiger charge is -2.12. The summed E-state index contributed by atoms with van der Waals surface area (Å²) >= 11 is 0. The molecule has 1 N–H and O–H groups in total. The van der Waals surface area contributed by atoms with Crippen molar-refractivity contribution in [3.8, 4) is 6.01 Å². The van der Waals surface area contributed by atoms with E-state index in [9.17, 15) is 4.79 Å². The van der Waals surface area contributed by atoms with Crippen LogP contribution in [0, 0.1) is 13.8 Å². The number of rotatable bonds is 4. The Balaban J connectivity index is 1.80. The lowest BCUT2D eigenvalue weighted by molar-refractivity contribution is 0.191. The molecule has 0 amide bonds. The van der Waals surface area contributed by atoms with Crippen LogP contribution in [0.3, 0.4) is 0 Å². The molecule has 0 spiro atoms. The third-order valence-corrected chi connectivity index (χ3v) is 4.02. The highest BCUT2D eigenvalue weighted by Crippen LogP contribution is 2.22. The molecule has 1 heterocycles. The number of ether oxygens (including phenoxy) is 1. The number of hydrogen-bond donors (Lipinski definition) is 1. The third kappa shape index (κ3) is 3.75. The summed E-state index contributed by atoms with van der Waals surface area (Å²) in [6.07, 6.45) is 5.32. The number of nitrogens with zero attached hydrogens (tertiary/aromatic N) is 1. The topological polar surface area (TPSA) is 55.0 Å². The van der Waals surface area contributed by atoms with Crippen molar-refractivity contribution in [3.05, 3.63) is 57.0 Å². The smallest absolute Gasteiger partial charge is 0.296 e. The first-order valence-corrected chi connectivity index (χ1v) is 7.92. The molecule has 1 aliphatic rings. The van der Waals surface area contributed by atoms with Crippen LogP contribution in [0.4, 0.5) is 0 Å². The molecule has 0 atom stereocenters. The number of aromatic nitrogens is 2. The average molecular weight is 298 g/mol. The normalized spacial score (nSPS) is 15.2. The highest BCUT2D eigenvalue weighted by Gasteiger charge is 2.17. The number of benzene rings is 1. The second-order valence-corrected chi connectivity index (χ2v) is 6.24. The van der Waals surface area contributed by atoms with Crippen molar-refractivity contribution in [1.29, 1.82) is 0 Å². The third-order valence-electron chi connectivity index (χ3n) is 4.02. The molecule has 0 aliphatic heterocycles. The number of hydrogen-bond acceptors (Lipinski definition) is 3. The Morgan fingerprint density at radius 1 is 1.14 bits per heavy atom. The fourth-order valence-electron chi connectivity index (χ4n) is 3.17. The number of aromatic amines is 1. The highest BCUT2D eigenvalue weighted by atomic mass is 16.5. The summed E-state index contributed by atoms with van der Waals surface area (Å²) in [4.78, 5) is 19.0. The molecule has 3 rings (SSSR count). The van der Waals surface area contributed by atoms with E-state index in [1.54, 1.807) is 6.07 Å². The maximum Gasteiger partial charge on any atom is 0.296 e. The van der Waals surface area contributed by atoms with Crippen molar-refractivity contribution in [2.24, 2.45) is 0 Å². The van der Waals surface area contributed by atoms with Gasteiger partial charge < -0.3 is 4.74 Å². The Morgan fingerprint density at radius 3 is 2.50 bits per heavy atom. The largest absolute Gasteiger partial charge is 0.461 e. The zero-order chi connectivity index (χ0) is 15.5. The van der Waals surface area contributed by atoms with Crippen LogP contribution < -0.4 is 10.3 Å². The molecule has 2 aromatic rings. The number of H-pyrrole nitrogens is 1. The second-order valence-electron chi connectivity index (χ2n) is 6.24. The fourth-order valence-corrected chi connectivity index (χ4v) is 3.17. The second kappa shape index (κ2) is 6.34. The molecule has 0 saturated heterocycles. The Morgan fingerprint density at radius 2 is 1.82 bits per heavy atom. The van der Waals surface area contributed by atoms with Crippen molar-refractivity contribution in [2.45, 2.75) is 52.1 Å². The molecule has 4 nitrogen and oxygen atoms in total. The van der Waals surface area contributed by atoms with E-state index >= 15 is 0 Å².